The first-order valence-corrected chi connectivity index (χ1v) is 9.13. The van der Waals surface area contributed by atoms with Gasteiger partial charge in [-0.1, -0.05) is 54.1 Å². The van der Waals surface area contributed by atoms with Crippen LogP contribution in [0.2, 0.25) is 0 Å². The topological polar surface area (TPSA) is 55.1 Å². The van der Waals surface area contributed by atoms with Crippen LogP contribution in [0.25, 0.3) is 11.3 Å². The molecule has 0 saturated carbocycles. The van der Waals surface area contributed by atoms with Crippen molar-refractivity contribution < 1.29 is 9.21 Å². The highest BCUT2D eigenvalue weighted by molar-refractivity contribution is 6.02. The summed E-state index contributed by atoms with van der Waals surface area (Å²) in [5.41, 5.74) is 4.96. The van der Waals surface area contributed by atoms with Gasteiger partial charge in [0.15, 0.2) is 5.76 Å². The van der Waals surface area contributed by atoms with Crippen LogP contribution >= 0.6 is 0 Å². The van der Waals surface area contributed by atoms with Gasteiger partial charge in [0.25, 0.3) is 5.91 Å². The average molecular weight is 368 g/mol. The van der Waals surface area contributed by atoms with E-state index < -0.39 is 0 Å². The van der Waals surface area contributed by atoms with Gasteiger partial charge in [0.05, 0.1) is 11.9 Å². The number of nitrogens with zero attached hydrogens (tertiary/aromatic N) is 1. The highest BCUT2D eigenvalue weighted by atomic mass is 16.3. The average Bonchev–Trinajstić information content (AvgIpc) is 3.20. The zero-order valence-electron chi connectivity index (χ0n) is 15.6. The molecule has 4 rings (SSSR count). The van der Waals surface area contributed by atoms with E-state index >= 15 is 0 Å². The van der Waals surface area contributed by atoms with Crippen LogP contribution in [-0.4, -0.2) is 10.9 Å². The molecular weight excluding hydrogens is 348 g/mol. The lowest BCUT2D eigenvalue weighted by Crippen LogP contribution is -2.11. The Morgan fingerprint density at radius 3 is 2.61 bits per heavy atom. The number of hydrogen-bond donors (Lipinski definition) is 1. The number of anilines is 1. The minimum absolute atomic E-state index is 0.268. The van der Waals surface area contributed by atoms with Gasteiger partial charge < -0.3 is 9.73 Å². The smallest absolute Gasteiger partial charge is 0.291 e. The van der Waals surface area contributed by atoms with Crippen LogP contribution < -0.4 is 5.32 Å². The van der Waals surface area contributed by atoms with Crippen LogP contribution in [0.15, 0.2) is 89.6 Å². The third kappa shape index (κ3) is 4.18. The third-order valence-corrected chi connectivity index (χ3v) is 4.44. The fourth-order valence-electron chi connectivity index (χ4n) is 3.09. The van der Waals surface area contributed by atoms with E-state index in [1.165, 1.54) is 5.56 Å². The molecule has 0 radical (unpaired) electrons. The molecule has 0 aliphatic carbocycles. The van der Waals surface area contributed by atoms with Crippen molar-refractivity contribution in [3.8, 4) is 11.3 Å². The third-order valence-electron chi connectivity index (χ3n) is 4.44. The molecule has 2 aromatic heterocycles. The zero-order valence-corrected chi connectivity index (χ0v) is 15.6. The Morgan fingerprint density at radius 1 is 0.929 bits per heavy atom. The van der Waals surface area contributed by atoms with Gasteiger partial charge in [-0.15, -0.1) is 0 Å². The van der Waals surface area contributed by atoms with Crippen molar-refractivity contribution in [1.82, 2.24) is 4.98 Å². The monoisotopic (exact) mass is 368 g/mol. The number of furan rings is 1. The molecule has 2 heterocycles. The predicted octanol–water partition coefficient (Wildman–Crippen LogP) is 5.49. The second kappa shape index (κ2) is 7.92. The molecular formula is C24H20N2O2. The van der Waals surface area contributed by atoms with E-state index in [1.54, 1.807) is 12.3 Å². The Hall–Kier alpha value is -3.66. The fraction of sp³-hybridized carbons (Fsp3) is 0.0833. The predicted molar refractivity (Wildman–Crippen MR) is 110 cm³/mol. The van der Waals surface area contributed by atoms with Gasteiger partial charge in [-0.3, -0.25) is 9.78 Å². The standard InChI is InChI=1S/C24H20N2O2/c1-17-6-5-9-20(12-17)22-10-11-23(28-22)24(27)26-21-14-19(15-25-16-21)13-18-7-3-2-4-8-18/h2-12,14-16H,13H2,1H3,(H,26,27). The molecule has 1 N–H and O–H groups in total. The van der Waals surface area contributed by atoms with Crippen LogP contribution in [0.3, 0.4) is 0 Å². The van der Waals surface area contributed by atoms with Crippen LogP contribution in [0.4, 0.5) is 5.69 Å². The molecule has 2 aromatic carbocycles. The molecule has 0 aliphatic rings. The number of aryl methyl sites for hydroxylation is 1. The molecule has 4 nitrogen and oxygen atoms in total. The van der Waals surface area contributed by atoms with E-state index in [9.17, 15) is 4.79 Å². The van der Waals surface area contributed by atoms with Crippen LogP contribution in [0, 0.1) is 6.92 Å². The van der Waals surface area contributed by atoms with E-state index in [-0.39, 0.29) is 11.7 Å². The van der Waals surface area contributed by atoms with E-state index in [0.717, 1.165) is 23.1 Å². The number of benzene rings is 2. The first kappa shape index (κ1) is 17.7. The maximum absolute atomic E-state index is 12.6. The van der Waals surface area contributed by atoms with Crippen molar-refractivity contribution in [3.05, 3.63) is 108 Å². The van der Waals surface area contributed by atoms with Crippen LogP contribution in [-0.2, 0) is 6.42 Å². The van der Waals surface area contributed by atoms with Crippen molar-refractivity contribution in [2.24, 2.45) is 0 Å². The fourth-order valence-corrected chi connectivity index (χ4v) is 3.09. The number of pyridine rings is 1. The molecule has 4 heteroatoms. The summed E-state index contributed by atoms with van der Waals surface area (Å²) >= 11 is 0. The maximum Gasteiger partial charge on any atom is 0.291 e. The zero-order chi connectivity index (χ0) is 19.3. The van der Waals surface area contributed by atoms with Crippen molar-refractivity contribution in [2.75, 3.05) is 5.32 Å². The van der Waals surface area contributed by atoms with Crippen molar-refractivity contribution >= 4 is 11.6 Å². The Balaban J connectivity index is 1.47. The normalized spacial score (nSPS) is 10.6. The number of rotatable bonds is 5. The lowest BCUT2D eigenvalue weighted by Gasteiger charge is -2.06. The molecule has 4 aromatic rings. The van der Waals surface area contributed by atoms with Gasteiger partial charge in [0, 0.05) is 11.8 Å². The molecule has 0 bridgehead atoms. The Morgan fingerprint density at radius 2 is 1.79 bits per heavy atom. The molecule has 1 amide bonds. The molecule has 28 heavy (non-hydrogen) atoms. The Labute approximate surface area is 163 Å². The first-order chi connectivity index (χ1) is 13.7. The Bertz CT molecular complexity index is 1100. The summed E-state index contributed by atoms with van der Waals surface area (Å²) in [6, 6.07) is 23.6. The number of hydrogen-bond acceptors (Lipinski definition) is 3. The number of nitrogens with one attached hydrogen (secondary N) is 1. The quantitative estimate of drug-likeness (QED) is 0.506. The van der Waals surface area contributed by atoms with Crippen LogP contribution in [0.5, 0.6) is 0 Å². The highest BCUT2D eigenvalue weighted by Gasteiger charge is 2.13. The van der Waals surface area contributed by atoms with Crippen molar-refractivity contribution in [1.29, 1.82) is 0 Å². The Kier molecular flexibility index (Phi) is 5.02. The second-order valence-corrected chi connectivity index (χ2v) is 6.73. The molecule has 138 valence electrons. The van der Waals surface area contributed by atoms with E-state index in [2.05, 4.69) is 22.4 Å². The molecule has 0 unspecified atom stereocenters. The molecule has 0 saturated heterocycles. The summed E-state index contributed by atoms with van der Waals surface area (Å²) < 4.78 is 5.75. The molecule has 0 spiro atoms. The van der Waals surface area contributed by atoms with Crippen molar-refractivity contribution in [2.45, 2.75) is 13.3 Å². The van der Waals surface area contributed by atoms with Gasteiger partial charge in [0.1, 0.15) is 5.76 Å². The van der Waals surface area contributed by atoms with Gasteiger partial charge in [-0.05, 0) is 48.7 Å². The lowest BCUT2D eigenvalue weighted by atomic mass is 10.1. The maximum atomic E-state index is 12.6. The number of amides is 1. The van der Waals surface area contributed by atoms with Gasteiger partial charge in [-0.25, -0.2) is 0 Å². The summed E-state index contributed by atoms with van der Waals surface area (Å²) in [5, 5.41) is 2.87. The second-order valence-electron chi connectivity index (χ2n) is 6.73. The highest BCUT2D eigenvalue weighted by Crippen LogP contribution is 2.23. The largest absolute Gasteiger partial charge is 0.451 e. The van der Waals surface area contributed by atoms with Gasteiger partial charge in [0.2, 0.25) is 0 Å². The molecule has 0 atom stereocenters. The molecule has 0 fully saturated rings. The minimum atomic E-state index is -0.294. The number of carbonyl (C=O) groups is 1. The van der Waals surface area contributed by atoms with E-state index in [4.69, 9.17) is 4.42 Å². The van der Waals surface area contributed by atoms with Gasteiger partial charge >= 0.3 is 0 Å². The van der Waals surface area contributed by atoms with Gasteiger partial charge in [-0.2, -0.15) is 0 Å². The summed E-state index contributed by atoms with van der Waals surface area (Å²) in [4.78, 5) is 16.8. The SMILES string of the molecule is Cc1cccc(-c2ccc(C(=O)Nc3cncc(Cc4ccccc4)c3)o2)c1. The number of carbonyl (C=O) groups excluding carboxylic acids is 1. The van der Waals surface area contributed by atoms with E-state index in [1.807, 2.05) is 67.7 Å². The summed E-state index contributed by atoms with van der Waals surface area (Å²) in [7, 11) is 0. The summed E-state index contributed by atoms with van der Waals surface area (Å²) in [6.45, 7) is 2.02. The first-order valence-electron chi connectivity index (χ1n) is 9.13. The lowest BCUT2D eigenvalue weighted by molar-refractivity contribution is 0.0997. The van der Waals surface area contributed by atoms with Crippen molar-refractivity contribution in [3.63, 3.8) is 0 Å². The van der Waals surface area contributed by atoms with Crippen LogP contribution in [0.1, 0.15) is 27.2 Å². The molecule has 0 aliphatic heterocycles. The summed E-state index contributed by atoms with van der Waals surface area (Å²) in [6.07, 6.45) is 4.21. The van der Waals surface area contributed by atoms with E-state index in [0.29, 0.717) is 11.4 Å². The number of aromatic nitrogens is 1. The minimum Gasteiger partial charge on any atom is -0.451 e. The summed E-state index contributed by atoms with van der Waals surface area (Å²) in [5.74, 6) is 0.646.